The van der Waals surface area contributed by atoms with E-state index in [0.717, 1.165) is 0 Å². The molecule has 0 atom stereocenters. The average molecular weight is 206 g/mol. The Morgan fingerprint density at radius 1 is 1.40 bits per heavy atom. The van der Waals surface area contributed by atoms with Crippen molar-refractivity contribution in [2.75, 3.05) is 13.1 Å². The monoisotopic (exact) mass is 206 g/mol. The van der Waals surface area contributed by atoms with Crippen molar-refractivity contribution in [2.45, 2.75) is 0 Å². The van der Waals surface area contributed by atoms with Crippen LogP contribution in [0.15, 0.2) is 36.4 Å². The van der Waals surface area contributed by atoms with Crippen LogP contribution in [0.5, 0.6) is 5.75 Å². The molecule has 80 valence electrons. The van der Waals surface area contributed by atoms with E-state index in [1.165, 1.54) is 6.07 Å². The minimum atomic E-state index is -0.297. The normalized spacial score (nSPS) is 10.5. The molecule has 0 saturated heterocycles. The number of amides is 1. The second-order valence-electron chi connectivity index (χ2n) is 2.93. The lowest BCUT2D eigenvalue weighted by atomic mass is 10.2. The topological polar surface area (TPSA) is 75.3 Å². The third kappa shape index (κ3) is 3.44. The Morgan fingerprint density at radius 2 is 2.13 bits per heavy atom. The number of carbonyl (C=O) groups excluding carboxylic acids is 1. The smallest absolute Gasteiger partial charge is 0.255 e. The second kappa shape index (κ2) is 5.82. The van der Waals surface area contributed by atoms with Crippen LogP contribution in [-0.2, 0) is 0 Å². The van der Waals surface area contributed by atoms with Gasteiger partial charge in [-0.2, -0.15) is 0 Å². The Labute approximate surface area is 88.4 Å². The summed E-state index contributed by atoms with van der Waals surface area (Å²) in [5.41, 5.74) is 5.52. The molecule has 0 aliphatic rings. The van der Waals surface area contributed by atoms with Gasteiger partial charge in [0.05, 0.1) is 5.56 Å². The summed E-state index contributed by atoms with van der Waals surface area (Å²) in [4.78, 5) is 11.5. The Morgan fingerprint density at radius 3 is 2.80 bits per heavy atom. The number of phenols is 1. The van der Waals surface area contributed by atoms with Gasteiger partial charge in [0, 0.05) is 13.1 Å². The van der Waals surface area contributed by atoms with Gasteiger partial charge < -0.3 is 16.2 Å². The standard InChI is InChI=1S/C11H14N2O2/c12-7-3-4-8-13-11(15)9-5-1-2-6-10(9)14/h1-6,14H,7-8,12H2,(H,13,15)/b4-3+. The quantitative estimate of drug-likeness (QED) is 0.633. The molecule has 15 heavy (non-hydrogen) atoms. The molecule has 1 rings (SSSR count). The first kappa shape index (κ1) is 11.3. The number of hydrogen-bond donors (Lipinski definition) is 3. The Bertz CT molecular complexity index is 361. The molecule has 0 saturated carbocycles. The molecule has 0 radical (unpaired) electrons. The van der Waals surface area contributed by atoms with Crippen LogP contribution in [0.2, 0.25) is 0 Å². The molecular weight excluding hydrogens is 192 g/mol. The van der Waals surface area contributed by atoms with Crippen LogP contribution in [0.4, 0.5) is 0 Å². The molecular formula is C11H14N2O2. The molecule has 0 fully saturated rings. The van der Waals surface area contributed by atoms with Gasteiger partial charge in [0.1, 0.15) is 5.75 Å². The van der Waals surface area contributed by atoms with Gasteiger partial charge in [-0.15, -0.1) is 0 Å². The van der Waals surface area contributed by atoms with Crippen LogP contribution in [0.1, 0.15) is 10.4 Å². The summed E-state index contributed by atoms with van der Waals surface area (Å²) in [6.45, 7) is 0.858. The lowest BCUT2D eigenvalue weighted by molar-refractivity contribution is 0.0955. The fraction of sp³-hybridized carbons (Fsp3) is 0.182. The Balaban J connectivity index is 2.54. The highest BCUT2D eigenvalue weighted by molar-refractivity contribution is 5.96. The van der Waals surface area contributed by atoms with E-state index in [9.17, 15) is 9.90 Å². The van der Waals surface area contributed by atoms with Crippen molar-refractivity contribution in [1.29, 1.82) is 0 Å². The molecule has 0 spiro atoms. The van der Waals surface area contributed by atoms with E-state index in [1.807, 2.05) is 0 Å². The van der Waals surface area contributed by atoms with E-state index in [4.69, 9.17) is 5.73 Å². The summed E-state index contributed by atoms with van der Waals surface area (Å²) in [6, 6.07) is 6.41. The molecule has 1 aromatic rings. The highest BCUT2D eigenvalue weighted by Crippen LogP contribution is 2.14. The van der Waals surface area contributed by atoms with Crippen LogP contribution < -0.4 is 11.1 Å². The van der Waals surface area contributed by atoms with Gasteiger partial charge in [-0.25, -0.2) is 0 Å². The number of aromatic hydroxyl groups is 1. The largest absolute Gasteiger partial charge is 0.507 e. The van der Waals surface area contributed by atoms with E-state index in [0.29, 0.717) is 13.1 Å². The minimum absolute atomic E-state index is 0.0159. The van der Waals surface area contributed by atoms with Gasteiger partial charge >= 0.3 is 0 Å². The highest BCUT2D eigenvalue weighted by Gasteiger charge is 2.07. The summed E-state index contributed by atoms with van der Waals surface area (Å²) in [5.74, 6) is -0.312. The molecule has 4 heteroatoms. The van der Waals surface area contributed by atoms with E-state index < -0.39 is 0 Å². The molecule has 0 heterocycles. The zero-order valence-corrected chi connectivity index (χ0v) is 8.31. The predicted octanol–water partition coefficient (Wildman–Crippen LogP) is 0.637. The van der Waals surface area contributed by atoms with Gasteiger partial charge in [0.25, 0.3) is 5.91 Å². The summed E-state index contributed by atoms with van der Waals surface area (Å²) in [6.07, 6.45) is 3.52. The van der Waals surface area contributed by atoms with Crippen molar-refractivity contribution in [3.8, 4) is 5.75 Å². The number of nitrogens with two attached hydrogens (primary N) is 1. The summed E-state index contributed by atoms with van der Waals surface area (Å²) in [7, 11) is 0. The zero-order chi connectivity index (χ0) is 11.1. The number of rotatable bonds is 4. The van der Waals surface area contributed by atoms with Crippen molar-refractivity contribution in [3.05, 3.63) is 42.0 Å². The Hall–Kier alpha value is -1.81. The molecule has 0 bridgehead atoms. The summed E-state index contributed by atoms with van der Waals surface area (Å²) >= 11 is 0. The molecule has 0 aliphatic carbocycles. The maximum Gasteiger partial charge on any atom is 0.255 e. The second-order valence-corrected chi connectivity index (χ2v) is 2.93. The van der Waals surface area contributed by atoms with Gasteiger partial charge in [-0.3, -0.25) is 4.79 Å². The van der Waals surface area contributed by atoms with Gasteiger partial charge in [-0.1, -0.05) is 24.3 Å². The van der Waals surface area contributed by atoms with E-state index >= 15 is 0 Å². The number of benzene rings is 1. The number of phenolic OH excluding ortho intramolecular Hbond substituents is 1. The lowest BCUT2D eigenvalue weighted by Gasteiger charge is -2.03. The molecule has 0 unspecified atom stereocenters. The highest BCUT2D eigenvalue weighted by atomic mass is 16.3. The van der Waals surface area contributed by atoms with Crippen LogP contribution in [-0.4, -0.2) is 24.1 Å². The van der Waals surface area contributed by atoms with Gasteiger partial charge in [-0.05, 0) is 12.1 Å². The fourth-order valence-electron chi connectivity index (χ4n) is 1.09. The van der Waals surface area contributed by atoms with Crippen molar-refractivity contribution >= 4 is 5.91 Å². The Kier molecular flexibility index (Phi) is 4.37. The molecule has 4 N–H and O–H groups in total. The molecule has 0 aliphatic heterocycles. The van der Waals surface area contributed by atoms with Crippen LogP contribution in [0.3, 0.4) is 0 Å². The van der Waals surface area contributed by atoms with Crippen LogP contribution in [0, 0.1) is 0 Å². The number of para-hydroxylation sites is 1. The maximum atomic E-state index is 11.5. The molecule has 1 amide bonds. The summed E-state index contributed by atoms with van der Waals surface area (Å²) < 4.78 is 0. The molecule has 4 nitrogen and oxygen atoms in total. The van der Waals surface area contributed by atoms with Crippen molar-refractivity contribution in [1.82, 2.24) is 5.32 Å². The van der Waals surface area contributed by atoms with Crippen LogP contribution in [0.25, 0.3) is 0 Å². The maximum absolute atomic E-state index is 11.5. The summed E-state index contributed by atoms with van der Waals surface area (Å²) in [5, 5.41) is 12.0. The number of carbonyl (C=O) groups is 1. The molecule has 0 aromatic heterocycles. The first-order valence-electron chi connectivity index (χ1n) is 4.67. The van der Waals surface area contributed by atoms with Crippen molar-refractivity contribution in [3.63, 3.8) is 0 Å². The van der Waals surface area contributed by atoms with Crippen LogP contribution >= 0.6 is 0 Å². The number of hydrogen-bond acceptors (Lipinski definition) is 3. The van der Waals surface area contributed by atoms with Gasteiger partial charge in [0.15, 0.2) is 0 Å². The zero-order valence-electron chi connectivity index (χ0n) is 8.31. The lowest BCUT2D eigenvalue weighted by Crippen LogP contribution is -2.23. The first-order chi connectivity index (χ1) is 7.25. The minimum Gasteiger partial charge on any atom is -0.507 e. The number of nitrogens with one attached hydrogen (secondary N) is 1. The molecule has 1 aromatic carbocycles. The van der Waals surface area contributed by atoms with Crippen molar-refractivity contribution in [2.24, 2.45) is 5.73 Å². The third-order valence-corrected chi connectivity index (χ3v) is 1.83. The third-order valence-electron chi connectivity index (χ3n) is 1.83. The fourth-order valence-corrected chi connectivity index (χ4v) is 1.09. The average Bonchev–Trinajstić information content (AvgIpc) is 2.25. The van der Waals surface area contributed by atoms with Crippen molar-refractivity contribution < 1.29 is 9.90 Å². The van der Waals surface area contributed by atoms with E-state index in [2.05, 4.69) is 5.32 Å². The first-order valence-corrected chi connectivity index (χ1v) is 4.67. The SMILES string of the molecule is NC/C=C/CNC(=O)c1ccccc1O. The predicted molar refractivity (Wildman–Crippen MR) is 58.6 cm³/mol. The van der Waals surface area contributed by atoms with E-state index in [-0.39, 0.29) is 17.2 Å². The van der Waals surface area contributed by atoms with Gasteiger partial charge in [0.2, 0.25) is 0 Å². The van der Waals surface area contributed by atoms with E-state index in [1.54, 1.807) is 30.4 Å².